The number of hydrogen-bond donors (Lipinski definition) is 0. The fourth-order valence-electron chi connectivity index (χ4n) is 3.32. The monoisotopic (exact) mass is 220 g/mol. The summed E-state index contributed by atoms with van der Waals surface area (Å²) in [5.41, 5.74) is -0.615. The van der Waals surface area contributed by atoms with Crippen molar-refractivity contribution in [2.45, 2.75) is 31.3 Å². The van der Waals surface area contributed by atoms with Crippen LogP contribution >= 0.6 is 0 Å². The van der Waals surface area contributed by atoms with E-state index in [4.69, 9.17) is 4.74 Å². The molecule has 1 aliphatic heterocycles. The smallest absolute Gasteiger partial charge is 0.303 e. The predicted molar refractivity (Wildman–Crippen MR) is 48.0 cm³/mol. The Morgan fingerprint density at radius 3 is 2.57 bits per heavy atom. The largest absolute Gasteiger partial charge is 0.374 e. The third-order valence-corrected chi connectivity index (χ3v) is 5.15. The summed E-state index contributed by atoms with van der Waals surface area (Å²) in [6.45, 7) is 0.634. The first-order valence-electron chi connectivity index (χ1n) is 5.04. The Bertz CT molecular complexity index is 374. The van der Waals surface area contributed by atoms with Crippen molar-refractivity contribution in [3.63, 3.8) is 0 Å². The zero-order valence-electron chi connectivity index (χ0n) is 7.83. The van der Waals surface area contributed by atoms with Gasteiger partial charge in [-0.1, -0.05) is 0 Å². The molecule has 3 rings (SSSR count). The molecule has 0 amide bonds. The van der Waals surface area contributed by atoms with E-state index in [1.54, 1.807) is 0 Å². The fraction of sp³-hybridized carbons (Fsp3) is 1.00. The zero-order valence-corrected chi connectivity index (χ0v) is 8.65. The summed E-state index contributed by atoms with van der Waals surface area (Å²) in [4.78, 5) is 0. The summed E-state index contributed by atoms with van der Waals surface area (Å²) in [5, 5.41) is 0. The lowest BCUT2D eigenvalue weighted by atomic mass is 9.69. The average Bonchev–Trinajstić information content (AvgIpc) is 2.51. The Hall–Kier alpha value is -0.160. The standard InChI is InChI=1S/C9H13FO3S/c10-14(11,12)6-8-4-7(8)5-13-9(8)2-1-3-9/h7H,1-6H2/t7-,8+/m0/s1. The lowest BCUT2D eigenvalue weighted by Gasteiger charge is -2.44. The van der Waals surface area contributed by atoms with E-state index >= 15 is 0 Å². The molecule has 14 heavy (non-hydrogen) atoms. The highest BCUT2D eigenvalue weighted by Crippen LogP contribution is 2.71. The van der Waals surface area contributed by atoms with Gasteiger partial charge in [0.2, 0.25) is 0 Å². The Kier molecular flexibility index (Phi) is 1.51. The van der Waals surface area contributed by atoms with Crippen LogP contribution < -0.4 is 0 Å². The van der Waals surface area contributed by atoms with Crippen LogP contribution in [0.15, 0.2) is 0 Å². The Morgan fingerprint density at radius 1 is 1.43 bits per heavy atom. The molecule has 1 saturated heterocycles. The van der Waals surface area contributed by atoms with Gasteiger partial charge in [-0.05, 0) is 31.6 Å². The average molecular weight is 220 g/mol. The molecule has 0 unspecified atom stereocenters. The molecule has 80 valence electrons. The van der Waals surface area contributed by atoms with Crippen molar-refractivity contribution in [1.82, 2.24) is 0 Å². The summed E-state index contributed by atoms with van der Waals surface area (Å²) in [5.74, 6) is -0.0154. The lowest BCUT2D eigenvalue weighted by molar-refractivity contribution is -0.105. The number of rotatable bonds is 2. The summed E-state index contributed by atoms with van der Waals surface area (Å²) >= 11 is 0. The van der Waals surface area contributed by atoms with Crippen molar-refractivity contribution in [1.29, 1.82) is 0 Å². The highest BCUT2D eigenvalue weighted by atomic mass is 32.3. The molecule has 0 aromatic carbocycles. The van der Waals surface area contributed by atoms with Crippen LogP contribution in [0.5, 0.6) is 0 Å². The minimum Gasteiger partial charge on any atom is -0.374 e. The molecular weight excluding hydrogens is 207 g/mol. The van der Waals surface area contributed by atoms with Crippen molar-refractivity contribution in [3.8, 4) is 0 Å². The molecule has 2 atom stereocenters. The van der Waals surface area contributed by atoms with Gasteiger partial charge in [-0.25, -0.2) is 0 Å². The number of ether oxygens (including phenoxy) is 1. The molecule has 0 bridgehead atoms. The van der Waals surface area contributed by atoms with Gasteiger partial charge in [0.05, 0.1) is 18.0 Å². The predicted octanol–water partition coefficient (Wildman–Crippen LogP) is 1.24. The SMILES string of the molecule is O=S(=O)(F)C[C@]12C[C@H]1COC21CCC1. The molecule has 0 N–H and O–H groups in total. The van der Waals surface area contributed by atoms with Gasteiger partial charge in [0.15, 0.2) is 0 Å². The van der Waals surface area contributed by atoms with Crippen LogP contribution in [0.2, 0.25) is 0 Å². The zero-order chi connectivity index (χ0) is 10.0. The molecule has 1 heterocycles. The van der Waals surface area contributed by atoms with Crippen LogP contribution in [0.1, 0.15) is 25.7 Å². The van der Waals surface area contributed by atoms with Crippen LogP contribution in [0.3, 0.4) is 0 Å². The summed E-state index contributed by atoms with van der Waals surface area (Å²) in [7, 11) is -4.35. The summed E-state index contributed by atoms with van der Waals surface area (Å²) < 4.78 is 39.8. The van der Waals surface area contributed by atoms with Gasteiger partial charge in [-0.3, -0.25) is 0 Å². The normalized spacial score (nSPS) is 43.4. The first-order chi connectivity index (χ1) is 6.48. The van der Waals surface area contributed by atoms with E-state index in [2.05, 4.69) is 0 Å². The molecule has 0 radical (unpaired) electrons. The van der Waals surface area contributed by atoms with Crippen LogP contribution in [-0.4, -0.2) is 26.4 Å². The van der Waals surface area contributed by atoms with E-state index < -0.39 is 10.2 Å². The van der Waals surface area contributed by atoms with E-state index in [-0.39, 0.29) is 16.8 Å². The molecule has 0 aromatic rings. The molecule has 3 aliphatic rings. The first-order valence-corrected chi connectivity index (χ1v) is 6.59. The molecule has 3 fully saturated rings. The molecular formula is C9H13FO3S. The Balaban J connectivity index is 1.90. The molecule has 5 heteroatoms. The number of hydrogen-bond acceptors (Lipinski definition) is 3. The molecule has 0 aromatic heterocycles. The maximum absolute atomic E-state index is 12.7. The number of halogens is 1. The second-order valence-electron chi connectivity index (χ2n) is 4.90. The van der Waals surface area contributed by atoms with E-state index in [0.29, 0.717) is 12.5 Å². The first kappa shape index (κ1) is 9.09. The number of fused-ring (bicyclic) bond motifs is 2. The fourth-order valence-corrected chi connectivity index (χ4v) is 4.55. The van der Waals surface area contributed by atoms with Crippen LogP contribution in [-0.2, 0) is 15.0 Å². The van der Waals surface area contributed by atoms with Gasteiger partial charge in [-0.2, -0.15) is 8.42 Å². The van der Waals surface area contributed by atoms with Crippen molar-refractivity contribution in [3.05, 3.63) is 0 Å². The van der Waals surface area contributed by atoms with Gasteiger partial charge >= 0.3 is 10.2 Å². The van der Waals surface area contributed by atoms with Gasteiger partial charge in [0.25, 0.3) is 0 Å². The van der Waals surface area contributed by atoms with E-state index in [9.17, 15) is 12.3 Å². The second-order valence-corrected chi connectivity index (χ2v) is 6.27. The third kappa shape index (κ3) is 0.972. The molecule has 2 aliphatic carbocycles. The van der Waals surface area contributed by atoms with Crippen LogP contribution in [0, 0.1) is 11.3 Å². The van der Waals surface area contributed by atoms with Crippen molar-refractivity contribution in [2.75, 3.05) is 12.4 Å². The highest BCUT2D eigenvalue weighted by Gasteiger charge is 2.74. The van der Waals surface area contributed by atoms with Gasteiger partial charge < -0.3 is 4.74 Å². The van der Waals surface area contributed by atoms with Crippen molar-refractivity contribution >= 4 is 10.2 Å². The van der Waals surface area contributed by atoms with Gasteiger partial charge in [-0.15, -0.1) is 3.89 Å². The van der Waals surface area contributed by atoms with Crippen molar-refractivity contribution < 1.29 is 17.0 Å². The molecule has 3 nitrogen and oxygen atoms in total. The quantitative estimate of drug-likeness (QED) is 0.658. The molecule has 2 saturated carbocycles. The topological polar surface area (TPSA) is 43.4 Å². The minimum atomic E-state index is -4.35. The summed E-state index contributed by atoms with van der Waals surface area (Å²) in [6, 6.07) is 0. The van der Waals surface area contributed by atoms with E-state index in [0.717, 1.165) is 25.7 Å². The lowest BCUT2D eigenvalue weighted by Crippen LogP contribution is -2.48. The second kappa shape index (κ2) is 2.32. The Morgan fingerprint density at radius 2 is 2.14 bits per heavy atom. The van der Waals surface area contributed by atoms with Crippen LogP contribution in [0.25, 0.3) is 0 Å². The maximum atomic E-state index is 12.7. The Labute approximate surface area is 82.8 Å². The van der Waals surface area contributed by atoms with Gasteiger partial charge in [0.1, 0.15) is 0 Å². The van der Waals surface area contributed by atoms with E-state index in [1.165, 1.54) is 0 Å². The highest BCUT2D eigenvalue weighted by molar-refractivity contribution is 7.86. The summed E-state index contributed by atoms with van der Waals surface area (Å²) in [6.07, 6.45) is 3.76. The van der Waals surface area contributed by atoms with Crippen LogP contribution in [0.4, 0.5) is 3.89 Å². The van der Waals surface area contributed by atoms with Crippen molar-refractivity contribution in [2.24, 2.45) is 11.3 Å². The third-order valence-electron chi connectivity index (χ3n) is 4.29. The molecule has 1 spiro atoms. The minimum absolute atomic E-state index is 0.267. The maximum Gasteiger partial charge on any atom is 0.303 e. The van der Waals surface area contributed by atoms with Gasteiger partial charge in [0, 0.05) is 5.41 Å². The van der Waals surface area contributed by atoms with E-state index in [1.807, 2.05) is 0 Å².